The minimum absolute atomic E-state index is 0.124. The second-order valence-electron chi connectivity index (χ2n) is 4.31. The van der Waals surface area contributed by atoms with Crippen LogP contribution in [0.4, 0.5) is 0 Å². The minimum Gasteiger partial charge on any atom is -0.396 e. The molecule has 18 heavy (non-hydrogen) atoms. The number of aliphatic hydroxyl groups is 4. The molecule has 0 rings (SSSR count). The monoisotopic (exact) mass is 266 g/mol. The van der Waals surface area contributed by atoms with E-state index in [1.54, 1.807) is 13.8 Å². The van der Waals surface area contributed by atoms with E-state index < -0.39 is 24.1 Å². The molecule has 4 N–H and O–H groups in total. The van der Waals surface area contributed by atoms with Gasteiger partial charge in [0.1, 0.15) is 5.60 Å². The lowest BCUT2D eigenvalue weighted by Crippen LogP contribution is -2.55. The fraction of sp³-hybridized carbons (Fsp3) is 1.00. The van der Waals surface area contributed by atoms with E-state index in [1.807, 2.05) is 0 Å². The zero-order valence-corrected chi connectivity index (χ0v) is 11.4. The Kier molecular flexibility index (Phi) is 8.67. The van der Waals surface area contributed by atoms with Crippen LogP contribution in [0.2, 0.25) is 0 Å². The number of ether oxygens (including phenoxy) is 2. The number of rotatable bonds is 10. The Hall–Kier alpha value is -0.240. The second kappa shape index (κ2) is 8.79. The fourth-order valence-corrected chi connectivity index (χ4v) is 1.94. The lowest BCUT2D eigenvalue weighted by Gasteiger charge is -2.39. The van der Waals surface area contributed by atoms with Crippen molar-refractivity contribution in [2.75, 3.05) is 20.3 Å². The standard InChI is InChI=1S/C12H26O6/c1-4-10(15)12(16,8-9(14)6-7-13)11(17-3)18-5-2/h9-11,13-16H,4-8H2,1-3H3. The average Bonchev–Trinajstić information content (AvgIpc) is 2.34. The van der Waals surface area contributed by atoms with Crippen LogP contribution in [-0.4, -0.2) is 64.8 Å². The third kappa shape index (κ3) is 4.79. The lowest BCUT2D eigenvalue weighted by molar-refractivity contribution is -0.264. The van der Waals surface area contributed by atoms with E-state index in [-0.39, 0.29) is 19.4 Å². The lowest BCUT2D eigenvalue weighted by atomic mass is 9.87. The summed E-state index contributed by atoms with van der Waals surface area (Å²) >= 11 is 0. The molecular weight excluding hydrogens is 240 g/mol. The third-order valence-electron chi connectivity index (χ3n) is 2.93. The third-order valence-corrected chi connectivity index (χ3v) is 2.93. The van der Waals surface area contributed by atoms with Crippen LogP contribution in [-0.2, 0) is 9.47 Å². The summed E-state index contributed by atoms with van der Waals surface area (Å²) in [5, 5.41) is 38.9. The topological polar surface area (TPSA) is 99.4 Å². The molecule has 0 aliphatic rings. The SMILES string of the molecule is CCOC(OC)C(O)(CC(O)CCO)C(O)CC. The van der Waals surface area contributed by atoms with E-state index in [9.17, 15) is 15.3 Å². The van der Waals surface area contributed by atoms with Crippen molar-refractivity contribution >= 4 is 0 Å². The zero-order valence-electron chi connectivity index (χ0n) is 11.4. The predicted molar refractivity (Wildman–Crippen MR) is 66.0 cm³/mol. The summed E-state index contributed by atoms with van der Waals surface area (Å²) in [5.74, 6) is 0. The summed E-state index contributed by atoms with van der Waals surface area (Å²) in [7, 11) is 1.37. The van der Waals surface area contributed by atoms with Gasteiger partial charge in [0.05, 0.1) is 12.2 Å². The van der Waals surface area contributed by atoms with Gasteiger partial charge in [0.25, 0.3) is 0 Å². The number of methoxy groups -OCH3 is 1. The fourth-order valence-electron chi connectivity index (χ4n) is 1.94. The van der Waals surface area contributed by atoms with Gasteiger partial charge >= 0.3 is 0 Å². The van der Waals surface area contributed by atoms with Crippen LogP contribution >= 0.6 is 0 Å². The van der Waals surface area contributed by atoms with Crippen molar-refractivity contribution in [3.05, 3.63) is 0 Å². The van der Waals surface area contributed by atoms with Crippen molar-refractivity contribution in [1.29, 1.82) is 0 Å². The molecule has 0 aliphatic carbocycles. The Morgan fingerprint density at radius 3 is 2.22 bits per heavy atom. The predicted octanol–water partition coefficient (Wildman–Crippen LogP) is -0.369. The highest BCUT2D eigenvalue weighted by molar-refractivity contribution is 4.91. The molecule has 6 nitrogen and oxygen atoms in total. The van der Waals surface area contributed by atoms with Gasteiger partial charge in [0.15, 0.2) is 6.29 Å². The molecule has 0 bridgehead atoms. The van der Waals surface area contributed by atoms with Gasteiger partial charge in [-0.2, -0.15) is 0 Å². The normalized spacial score (nSPS) is 20.2. The van der Waals surface area contributed by atoms with E-state index in [2.05, 4.69) is 0 Å². The number of aliphatic hydroxyl groups excluding tert-OH is 3. The molecule has 0 fully saturated rings. The van der Waals surface area contributed by atoms with Gasteiger partial charge in [0, 0.05) is 26.7 Å². The van der Waals surface area contributed by atoms with E-state index in [4.69, 9.17) is 14.6 Å². The van der Waals surface area contributed by atoms with Gasteiger partial charge < -0.3 is 29.9 Å². The zero-order chi connectivity index (χ0) is 14.2. The molecular formula is C12H26O6. The second-order valence-corrected chi connectivity index (χ2v) is 4.31. The van der Waals surface area contributed by atoms with Crippen LogP contribution in [0.5, 0.6) is 0 Å². The van der Waals surface area contributed by atoms with E-state index in [0.29, 0.717) is 13.0 Å². The van der Waals surface area contributed by atoms with E-state index in [0.717, 1.165) is 0 Å². The minimum atomic E-state index is -1.70. The molecule has 0 amide bonds. The summed E-state index contributed by atoms with van der Waals surface area (Å²) in [4.78, 5) is 0. The molecule has 0 aromatic rings. The first kappa shape index (κ1) is 17.8. The van der Waals surface area contributed by atoms with Crippen LogP contribution in [0.3, 0.4) is 0 Å². The molecule has 110 valence electrons. The summed E-state index contributed by atoms with van der Waals surface area (Å²) in [6.45, 7) is 3.58. The Bertz CT molecular complexity index is 213. The highest BCUT2D eigenvalue weighted by atomic mass is 16.7. The average molecular weight is 266 g/mol. The summed E-state index contributed by atoms with van der Waals surface area (Å²) in [6, 6.07) is 0. The maximum atomic E-state index is 10.5. The summed E-state index contributed by atoms with van der Waals surface area (Å²) < 4.78 is 10.3. The van der Waals surface area contributed by atoms with Gasteiger partial charge in [0.2, 0.25) is 0 Å². The van der Waals surface area contributed by atoms with Crippen LogP contribution in [0.1, 0.15) is 33.1 Å². The summed E-state index contributed by atoms with van der Waals surface area (Å²) in [5.41, 5.74) is -1.70. The molecule has 0 aliphatic heterocycles. The highest BCUT2D eigenvalue weighted by Crippen LogP contribution is 2.28. The van der Waals surface area contributed by atoms with Crippen molar-refractivity contribution in [2.24, 2.45) is 0 Å². The Morgan fingerprint density at radius 1 is 1.22 bits per heavy atom. The van der Waals surface area contributed by atoms with Crippen molar-refractivity contribution in [3.8, 4) is 0 Å². The molecule has 0 heterocycles. The van der Waals surface area contributed by atoms with Gasteiger partial charge in [-0.1, -0.05) is 6.92 Å². The van der Waals surface area contributed by atoms with E-state index >= 15 is 0 Å². The van der Waals surface area contributed by atoms with Crippen LogP contribution in [0, 0.1) is 0 Å². The molecule has 0 radical (unpaired) electrons. The van der Waals surface area contributed by atoms with Crippen LogP contribution < -0.4 is 0 Å². The maximum absolute atomic E-state index is 10.5. The van der Waals surface area contributed by atoms with Gasteiger partial charge in [-0.05, 0) is 19.8 Å². The largest absolute Gasteiger partial charge is 0.396 e. The Balaban J connectivity index is 4.90. The Morgan fingerprint density at radius 2 is 1.83 bits per heavy atom. The molecule has 6 heteroatoms. The Labute approximate surface area is 108 Å². The number of hydrogen-bond donors (Lipinski definition) is 4. The van der Waals surface area contributed by atoms with Crippen LogP contribution in [0.15, 0.2) is 0 Å². The molecule has 4 atom stereocenters. The van der Waals surface area contributed by atoms with Crippen molar-refractivity contribution in [1.82, 2.24) is 0 Å². The highest BCUT2D eigenvalue weighted by Gasteiger charge is 2.45. The molecule has 0 saturated heterocycles. The first-order valence-corrected chi connectivity index (χ1v) is 6.29. The van der Waals surface area contributed by atoms with E-state index in [1.165, 1.54) is 7.11 Å². The van der Waals surface area contributed by atoms with Gasteiger partial charge in [-0.3, -0.25) is 0 Å². The van der Waals surface area contributed by atoms with Gasteiger partial charge in [-0.15, -0.1) is 0 Å². The van der Waals surface area contributed by atoms with Crippen molar-refractivity contribution in [2.45, 2.75) is 57.2 Å². The smallest absolute Gasteiger partial charge is 0.188 e. The maximum Gasteiger partial charge on any atom is 0.188 e. The first-order valence-electron chi connectivity index (χ1n) is 6.29. The molecule has 0 spiro atoms. The van der Waals surface area contributed by atoms with Gasteiger partial charge in [-0.25, -0.2) is 0 Å². The molecule has 0 aromatic heterocycles. The molecule has 4 unspecified atom stereocenters. The van der Waals surface area contributed by atoms with Crippen LogP contribution in [0.25, 0.3) is 0 Å². The number of hydrogen-bond acceptors (Lipinski definition) is 6. The first-order chi connectivity index (χ1) is 8.46. The summed E-state index contributed by atoms with van der Waals surface area (Å²) in [6.07, 6.45) is -2.73. The van der Waals surface area contributed by atoms with Crippen molar-refractivity contribution < 1.29 is 29.9 Å². The quantitative estimate of drug-likeness (QED) is 0.403. The molecule has 0 saturated carbocycles. The molecule has 0 aromatic carbocycles. The van der Waals surface area contributed by atoms with Crippen molar-refractivity contribution in [3.63, 3.8) is 0 Å².